The Morgan fingerprint density at radius 3 is 2.76 bits per heavy atom. The summed E-state index contributed by atoms with van der Waals surface area (Å²) >= 11 is 3.38. The van der Waals surface area contributed by atoms with E-state index in [9.17, 15) is 14.9 Å². The molecule has 1 unspecified atom stereocenters. The molecule has 0 aliphatic heterocycles. The molecule has 0 radical (unpaired) electrons. The maximum atomic E-state index is 11.8. The van der Waals surface area contributed by atoms with Crippen LogP contribution in [0.5, 0.6) is 0 Å². The lowest BCUT2D eigenvalue weighted by Crippen LogP contribution is -2.28. The predicted molar refractivity (Wildman–Crippen MR) is 65.3 cm³/mol. The van der Waals surface area contributed by atoms with Crippen molar-refractivity contribution in [3.05, 3.63) is 28.0 Å². The Balaban J connectivity index is 2.65. The molecule has 1 aromatic rings. The summed E-state index contributed by atoms with van der Waals surface area (Å²) in [5, 5.41) is 10.4. The maximum absolute atomic E-state index is 11.8. The molecule has 1 amide bonds. The average molecular weight is 305 g/mol. The van der Waals surface area contributed by atoms with E-state index in [-0.39, 0.29) is 11.7 Å². The van der Waals surface area contributed by atoms with Crippen LogP contribution in [0.1, 0.15) is 23.9 Å². The second-order valence-corrected chi connectivity index (χ2v) is 5.25. The zero-order chi connectivity index (χ0) is 13.0. The Morgan fingerprint density at radius 2 is 2.29 bits per heavy atom. The number of furan rings is 1. The standard InChI is InChI=1S/C10H13BrN2O4/c1-7(11)5-6-12(2)10(14)8-3-4-9(17-8)13(15)16/h3-4,7H,5-6H2,1-2H3. The molecule has 1 atom stereocenters. The fourth-order valence-corrected chi connectivity index (χ4v) is 1.41. The third-order valence-corrected chi connectivity index (χ3v) is 2.65. The maximum Gasteiger partial charge on any atom is 0.433 e. The minimum Gasteiger partial charge on any atom is -0.395 e. The average Bonchev–Trinajstić information content (AvgIpc) is 2.73. The van der Waals surface area contributed by atoms with Crippen LogP contribution in [-0.2, 0) is 0 Å². The largest absolute Gasteiger partial charge is 0.433 e. The number of rotatable bonds is 5. The van der Waals surface area contributed by atoms with Crippen LogP contribution in [0.2, 0.25) is 0 Å². The third kappa shape index (κ3) is 3.85. The molecule has 1 heterocycles. The van der Waals surface area contributed by atoms with Gasteiger partial charge in [-0.15, -0.1) is 0 Å². The van der Waals surface area contributed by atoms with Gasteiger partial charge in [0.1, 0.15) is 4.92 Å². The van der Waals surface area contributed by atoms with Gasteiger partial charge in [0.15, 0.2) is 5.76 Å². The molecule has 0 saturated carbocycles. The molecule has 1 aromatic heterocycles. The Labute approximate surface area is 107 Å². The highest BCUT2D eigenvalue weighted by molar-refractivity contribution is 9.09. The van der Waals surface area contributed by atoms with Crippen molar-refractivity contribution in [2.24, 2.45) is 0 Å². The second kappa shape index (κ2) is 5.81. The summed E-state index contributed by atoms with van der Waals surface area (Å²) in [6.07, 6.45) is 0.797. The highest BCUT2D eigenvalue weighted by atomic mass is 79.9. The summed E-state index contributed by atoms with van der Waals surface area (Å²) < 4.78 is 4.83. The monoisotopic (exact) mass is 304 g/mol. The van der Waals surface area contributed by atoms with Gasteiger partial charge < -0.3 is 9.32 Å². The van der Waals surface area contributed by atoms with Gasteiger partial charge in [0, 0.05) is 18.4 Å². The Morgan fingerprint density at radius 1 is 1.65 bits per heavy atom. The van der Waals surface area contributed by atoms with Crippen molar-refractivity contribution in [2.75, 3.05) is 13.6 Å². The summed E-state index contributed by atoms with van der Waals surface area (Å²) in [7, 11) is 1.63. The Kier molecular flexibility index (Phi) is 4.68. The Hall–Kier alpha value is -1.37. The zero-order valence-electron chi connectivity index (χ0n) is 9.55. The van der Waals surface area contributed by atoms with Crippen LogP contribution in [-0.4, -0.2) is 34.2 Å². The van der Waals surface area contributed by atoms with Gasteiger partial charge in [-0.2, -0.15) is 0 Å². The van der Waals surface area contributed by atoms with E-state index in [2.05, 4.69) is 15.9 Å². The molecule has 0 spiro atoms. The van der Waals surface area contributed by atoms with Gasteiger partial charge in [-0.1, -0.05) is 22.9 Å². The number of nitro groups is 1. The van der Waals surface area contributed by atoms with Gasteiger partial charge in [0.25, 0.3) is 5.91 Å². The summed E-state index contributed by atoms with van der Waals surface area (Å²) in [4.78, 5) is 23.3. The van der Waals surface area contributed by atoms with Crippen molar-refractivity contribution < 1.29 is 14.1 Å². The number of halogens is 1. The van der Waals surface area contributed by atoms with Gasteiger partial charge in [0.05, 0.1) is 6.07 Å². The SMILES string of the molecule is CC(Br)CCN(C)C(=O)c1ccc([N+](=O)[O-])o1. The lowest BCUT2D eigenvalue weighted by Gasteiger charge is -2.16. The van der Waals surface area contributed by atoms with E-state index in [1.807, 2.05) is 6.92 Å². The second-order valence-electron chi connectivity index (χ2n) is 3.69. The van der Waals surface area contributed by atoms with Gasteiger partial charge in [-0.25, -0.2) is 0 Å². The molecule has 0 saturated heterocycles. The summed E-state index contributed by atoms with van der Waals surface area (Å²) in [6.45, 7) is 2.54. The molecule has 7 heteroatoms. The number of alkyl halides is 1. The molecule has 94 valence electrons. The number of carbonyl (C=O) groups is 1. The van der Waals surface area contributed by atoms with E-state index in [1.165, 1.54) is 17.0 Å². The summed E-state index contributed by atoms with van der Waals surface area (Å²) in [6, 6.07) is 2.49. The molecular weight excluding hydrogens is 292 g/mol. The molecule has 0 aliphatic carbocycles. The van der Waals surface area contributed by atoms with Gasteiger partial charge in [0.2, 0.25) is 0 Å². The number of nitrogens with zero attached hydrogens (tertiary/aromatic N) is 2. The number of carbonyl (C=O) groups excluding carboxylic acids is 1. The Bertz CT molecular complexity index is 416. The highest BCUT2D eigenvalue weighted by Crippen LogP contribution is 2.17. The van der Waals surface area contributed by atoms with E-state index in [0.717, 1.165) is 6.42 Å². The summed E-state index contributed by atoms with van der Waals surface area (Å²) in [5.41, 5.74) is 0. The number of hydrogen-bond acceptors (Lipinski definition) is 4. The number of hydrogen-bond donors (Lipinski definition) is 0. The van der Waals surface area contributed by atoms with Crippen molar-refractivity contribution >= 4 is 27.7 Å². The van der Waals surface area contributed by atoms with Crippen molar-refractivity contribution in [2.45, 2.75) is 18.2 Å². The first kappa shape index (κ1) is 13.7. The van der Waals surface area contributed by atoms with Crippen LogP contribution in [0.4, 0.5) is 5.88 Å². The molecule has 0 bridgehead atoms. The van der Waals surface area contributed by atoms with Crippen LogP contribution in [0.15, 0.2) is 16.5 Å². The van der Waals surface area contributed by atoms with E-state index >= 15 is 0 Å². The highest BCUT2D eigenvalue weighted by Gasteiger charge is 2.20. The minimum absolute atomic E-state index is 0.0126. The van der Waals surface area contributed by atoms with E-state index in [4.69, 9.17) is 4.42 Å². The molecule has 0 aromatic carbocycles. The lowest BCUT2D eigenvalue weighted by molar-refractivity contribution is -0.402. The number of amides is 1. The van der Waals surface area contributed by atoms with Crippen LogP contribution < -0.4 is 0 Å². The molecule has 1 rings (SSSR count). The van der Waals surface area contributed by atoms with Crippen molar-refractivity contribution in [1.82, 2.24) is 4.90 Å². The first-order valence-electron chi connectivity index (χ1n) is 5.05. The first-order valence-corrected chi connectivity index (χ1v) is 5.97. The minimum atomic E-state index is -0.669. The van der Waals surface area contributed by atoms with E-state index < -0.39 is 10.8 Å². The quantitative estimate of drug-likeness (QED) is 0.475. The molecule has 0 fully saturated rings. The summed E-state index contributed by atoms with van der Waals surface area (Å²) in [5.74, 6) is -0.789. The topological polar surface area (TPSA) is 76.6 Å². The predicted octanol–water partition coefficient (Wildman–Crippen LogP) is 2.43. The normalized spacial score (nSPS) is 12.2. The third-order valence-electron chi connectivity index (χ3n) is 2.19. The molecule has 0 aliphatic rings. The van der Waals surface area contributed by atoms with Crippen LogP contribution >= 0.6 is 15.9 Å². The van der Waals surface area contributed by atoms with Gasteiger partial charge in [-0.3, -0.25) is 14.9 Å². The molecule has 6 nitrogen and oxygen atoms in total. The fraction of sp³-hybridized carbons (Fsp3) is 0.500. The molecule has 0 N–H and O–H groups in total. The van der Waals surface area contributed by atoms with Crippen LogP contribution in [0, 0.1) is 10.1 Å². The van der Waals surface area contributed by atoms with Crippen molar-refractivity contribution in [3.63, 3.8) is 0 Å². The fourth-order valence-electron chi connectivity index (χ4n) is 1.20. The van der Waals surface area contributed by atoms with Gasteiger partial charge in [-0.05, 0) is 12.5 Å². The van der Waals surface area contributed by atoms with Crippen LogP contribution in [0.25, 0.3) is 0 Å². The van der Waals surface area contributed by atoms with E-state index in [1.54, 1.807) is 7.05 Å². The molecular formula is C10H13BrN2O4. The first-order chi connectivity index (χ1) is 7.91. The molecule has 17 heavy (non-hydrogen) atoms. The van der Waals surface area contributed by atoms with Crippen molar-refractivity contribution in [3.8, 4) is 0 Å². The van der Waals surface area contributed by atoms with Gasteiger partial charge >= 0.3 is 5.88 Å². The van der Waals surface area contributed by atoms with Crippen molar-refractivity contribution in [1.29, 1.82) is 0 Å². The van der Waals surface area contributed by atoms with E-state index in [0.29, 0.717) is 11.4 Å². The lowest BCUT2D eigenvalue weighted by atomic mass is 10.3. The zero-order valence-corrected chi connectivity index (χ0v) is 11.1. The van der Waals surface area contributed by atoms with Crippen LogP contribution in [0.3, 0.4) is 0 Å². The smallest absolute Gasteiger partial charge is 0.395 e.